The van der Waals surface area contributed by atoms with Gasteiger partial charge in [0.05, 0.1) is 11.7 Å². The summed E-state index contributed by atoms with van der Waals surface area (Å²) >= 11 is 0. The number of hydrogen-bond donors (Lipinski definition) is 0. The summed E-state index contributed by atoms with van der Waals surface area (Å²) in [5.74, 6) is 0.857. The molecule has 3 heteroatoms. The smallest absolute Gasteiger partial charge is 0.132 e. The van der Waals surface area contributed by atoms with Gasteiger partial charge in [-0.3, -0.25) is 0 Å². The van der Waals surface area contributed by atoms with Crippen LogP contribution in [0.25, 0.3) is 0 Å². The van der Waals surface area contributed by atoms with Crippen LogP contribution in [0.4, 0.5) is 0 Å². The molecule has 0 bridgehead atoms. The molecule has 1 atom stereocenters. The molecule has 0 aliphatic carbocycles. The van der Waals surface area contributed by atoms with Crippen LogP contribution in [-0.4, -0.2) is 12.6 Å². The van der Waals surface area contributed by atoms with Crippen LogP contribution < -0.4 is 4.74 Å². The average Bonchev–Trinajstić information content (AvgIpc) is 2.95. The summed E-state index contributed by atoms with van der Waals surface area (Å²) in [5.41, 5.74) is 2.17. The second kappa shape index (κ2) is 6.15. The molecule has 20 heavy (non-hydrogen) atoms. The summed E-state index contributed by atoms with van der Waals surface area (Å²) in [5, 5.41) is 8.47. The first kappa shape index (κ1) is 12.6. The summed E-state index contributed by atoms with van der Waals surface area (Å²) in [7, 11) is 0. The Hall–Kier alpha value is -2.42. The van der Waals surface area contributed by atoms with Crippen LogP contribution in [0.15, 0.2) is 82.7 Å². The Balaban J connectivity index is 1.55. The zero-order valence-electron chi connectivity index (χ0n) is 11.1. The predicted octanol–water partition coefficient (Wildman–Crippen LogP) is 4.03. The van der Waals surface area contributed by atoms with Crippen LogP contribution in [0.5, 0.6) is 5.75 Å². The third-order valence-corrected chi connectivity index (χ3v) is 3.14. The molecule has 1 aliphatic rings. The normalized spacial score (nSPS) is 17.0. The summed E-state index contributed by atoms with van der Waals surface area (Å²) in [6.45, 7) is 0.471. The highest BCUT2D eigenvalue weighted by molar-refractivity contribution is 5.23. The van der Waals surface area contributed by atoms with E-state index in [2.05, 4.69) is 28.4 Å². The fraction of sp³-hybridized carbons (Fsp3) is 0.176. The van der Waals surface area contributed by atoms with Gasteiger partial charge in [0.25, 0.3) is 0 Å². The third kappa shape index (κ3) is 3.32. The molecular formula is C17H16N2O. The van der Waals surface area contributed by atoms with Crippen LogP contribution in [0.3, 0.4) is 0 Å². The van der Waals surface area contributed by atoms with E-state index in [0.29, 0.717) is 6.61 Å². The molecule has 100 valence electrons. The zero-order valence-corrected chi connectivity index (χ0v) is 11.1. The van der Waals surface area contributed by atoms with Gasteiger partial charge in [0.1, 0.15) is 12.4 Å². The number of azo groups is 1. The Labute approximate surface area is 118 Å². The van der Waals surface area contributed by atoms with Crippen molar-refractivity contribution in [3.8, 4) is 5.75 Å². The van der Waals surface area contributed by atoms with Crippen molar-refractivity contribution in [1.29, 1.82) is 0 Å². The highest BCUT2D eigenvalue weighted by atomic mass is 16.5. The molecule has 2 aromatic carbocycles. The van der Waals surface area contributed by atoms with Gasteiger partial charge in [-0.15, -0.1) is 0 Å². The number of ether oxygens (including phenoxy) is 1. The van der Waals surface area contributed by atoms with Gasteiger partial charge in [-0.1, -0.05) is 48.5 Å². The van der Waals surface area contributed by atoms with E-state index in [4.69, 9.17) is 4.74 Å². The molecule has 0 spiro atoms. The molecule has 3 rings (SSSR count). The topological polar surface area (TPSA) is 34.0 Å². The van der Waals surface area contributed by atoms with E-state index in [1.54, 1.807) is 0 Å². The standard InChI is InChI=1S/C17H16N2O/c1-3-7-14(8-4-1)11-15-12-16(19-18-15)13-20-17-9-5-2-6-10-17/h1-10,12,15H,11,13H2. The second-order valence-electron chi connectivity index (χ2n) is 4.73. The molecular weight excluding hydrogens is 248 g/mol. The highest BCUT2D eigenvalue weighted by Gasteiger charge is 2.13. The Bertz CT molecular complexity index is 605. The van der Waals surface area contributed by atoms with Crippen LogP contribution in [0, 0.1) is 0 Å². The average molecular weight is 264 g/mol. The van der Waals surface area contributed by atoms with Gasteiger partial charge >= 0.3 is 0 Å². The largest absolute Gasteiger partial charge is 0.487 e. The van der Waals surface area contributed by atoms with Gasteiger partial charge in [0.15, 0.2) is 0 Å². The molecule has 3 nitrogen and oxygen atoms in total. The van der Waals surface area contributed by atoms with Gasteiger partial charge in [0.2, 0.25) is 0 Å². The van der Waals surface area contributed by atoms with Crippen molar-refractivity contribution in [2.24, 2.45) is 10.2 Å². The minimum absolute atomic E-state index is 0.131. The molecule has 0 saturated heterocycles. The Kier molecular flexibility index (Phi) is 3.88. The first-order valence-electron chi connectivity index (χ1n) is 6.73. The van der Waals surface area contributed by atoms with Crippen LogP contribution >= 0.6 is 0 Å². The zero-order chi connectivity index (χ0) is 13.6. The van der Waals surface area contributed by atoms with Crippen molar-refractivity contribution < 1.29 is 4.74 Å². The van der Waals surface area contributed by atoms with Crippen molar-refractivity contribution in [3.63, 3.8) is 0 Å². The Morgan fingerprint density at radius 1 is 0.900 bits per heavy atom. The van der Waals surface area contributed by atoms with Gasteiger partial charge in [-0.2, -0.15) is 10.2 Å². The quantitative estimate of drug-likeness (QED) is 0.802. The molecule has 0 fully saturated rings. The molecule has 0 aromatic heterocycles. The highest BCUT2D eigenvalue weighted by Crippen LogP contribution is 2.18. The van der Waals surface area contributed by atoms with Crippen LogP contribution in [0.1, 0.15) is 5.56 Å². The maximum absolute atomic E-state index is 5.67. The number of nitrogens with zero attached hydrogens (tertiary/aromatic N) is 2. The number of benzene rings is 2. The van der Waals surface area contributed by atoms with E-state index >= 15 is 0 Å². The number of hydrogen-bond acceptors (Lipinski definition) is 3. The van der Waals surface area contributed by atoms with E-state index < -0.39 is 0 Å². The minimum Gasteiger partial charge on any atom is -0.487 e. The maximum atomic E-state index is 5.67. The molecule has 1 aliphatic heterocycles. The van der Waals surface area contributed by atoms with Gasteiger partial charge in [-0.05, 0) is 23.8 Å². The number of rotatable bonds is 5. The van der Waals surface area contributed by atoms with E-state index in [-0.39, 0.29) is 6.04 Å². The van der Waals surface area contributed by atoms with Crippen molar-refractivity contribution in [1.82, 2.24) is 0 Å². The SMILES string of the molecule is C1=C(COc2ccccc2)N=NC1Cc1ccccc1. The minimum atomic E-state index is 0.131. The van der Waals surface area contributed by atoms with E-state index in [0.717, 1.165) is 17.9 Å². The van der Waals surface area contributed by atoms with Crippen LogP contribution in [0.2, 0.25) is 0 Å². The molecule has 0 radical (unpaired) electrons. The lowest BCUT2D eigenvalue weighted by Crippen LogP contribution is -2.03. The van der Waals surface area contributed by atoms with E-state index in [1.807, 2.05) is 48.5 Å². The summed E-state index contributed by atoms with van der Waals surface area (Å²) < 4.78 is 5.67. The maximum Gasteiger partial charge on any atom is 0.132 e. The van der Waals surface area contributed by atoms with Crippen molar-refractivity contribution >= 4 is 0 Å². The predicted molar refractivity (Wildman–Crippen MR) is 78.8 cm³/mol. The fourth-order valence-corrected chi connectivity index (χ4v) is 2.14. The van der Waals surface area contributed by atoms with Gasteiger partial charge in [-0.25, -0.2) is 0 Å². The van der Waals surface area contributed by atoms with Crippen molar-refractivity contribution in [2.45, 2.75) is 12.5 Å². The van der Waals surface area contributed by atoms with E-state index in [1.165, 1.54) is 5.56 Å². The Morgan fingerprint density at radius 2 is 1.60 bits per heavy atom. The summed E-state index contributed by atoms with van der Waals surface area (Å²) in [4.78, 5) is 0. The second-order valence-corrected chi connectivity index (χ2v) is 4.73. The van der Waals surface area contributed by atoms with Gasteiger partial charge in [0, 0.05) is 6.42 Å². The lowest BCUT2D eigenvalue weighted by molar-refractivity contribution is 0.350. The van der Waals surface area contributed by atoms with Crippen LogP contribution in [-0.2, 0) is 6.42 Å². The molecule has 0 saturated carbocycles. The molecule has 2 aromatic rings. The Morgan fingerprint density at radius 3 is 2.35 bits per heavy atom. The fourth-order valence-electron chi connectivity index (χ4n) is 2.14. The lowest BCUT2D eigenvalue weighted by Gasteiger charge is -2.04. The van der Waals surface area contributed by atoms with Crippen molar-refractivity contribution in [3.05, 3.63) is 78.0 Å². The lowest BCUT2D eigenvalue weighted by atomic mass is 10.1. The first-order valence-corrected chi connectivity index (χ1v) is 6.73. The van der Waals surface area contributed by atoms with Crippen molar-refractivity contribution in [2.75, 3.05) is 6.61 Å². The molecule has 0 amide bonds. The number of para-hydroxylation sites is 1. The van der Waals surface area contributed by atoms with Gasteiger partial charge < -0.3 is 4.74 Å². The molecule has 0 N–H and O–H groups in total. The van der Waals surface area contributed by atoms with E-state index in [9.17, 15) is 0 Å². The first-order chi connectivity index (χ1) is 9.90. The summed E-state index contributed by atoms with van der Waals surface area (Å²) in [6, 6.07) is 20.2. The molecule has 1 unspecified atom stereocenters. The molecule has 1 heterocycles. The monoisotopic (exact) mass is 264 g/mol. The third-order valence-electron chi connectivity index (χ3n) is 3.14. The summed E-state index contributed by atoms with van der Waals surface area (Å²) in [6.07, 6.45) is 2.97.